The molecule has 0 unspecified atom stereocenters. The van der Waals surface area contributed by atoms with E-state index in [1.165, 1.54) is 0 Å². The van der Waals surface area contributed by atoms with Crippen LogP contribution in [0.2, 0.25) is 5.02 Å². The quantitative estimate of drug-likeness (QED) is 0.644. The number of ether oxygens (including phenoxy) is 1. The average molecular weight is 415 g/mol. The minimum absolute atomic E-state index is 0.00717. The van der Waals surface area contributed by atoms with Crippen LogP contribution in [0.1, 0.15) is 19.3 Å². The summed E-state index contributed by atoms with van der Waals surface area (Å²) in [6, 6.07) is 9.51. The van der Waals surface area contributed by atoms with Gasteiger partial charge in [-0.1, -0.05) is 29.8 Å². The van der Waals surface area contributed by atoms with Gasteiger partial charge in [0.15, 0.2) is 0 Å². The Morgan fingerprint density at radius 1 is 1.28 bits per heavy atom. The normalized spacial score (nSPS) is 15.0. The van der Waals surface area contributed by atoms with E-state index in [1.54, 1.807) is 16.8 Å². The molecule has 1 aliphatic heterocycles. The van der Waals surface area contributed by atoms with Crippen LogP contribution in [-0.4, -0.2) is 45.5 Å². The number of hydrogen-bond donors (Lipinski definition) is 2. The first-order valence-corrected chi connectivity index (χ1v) is 10.2. The summed E-state index contributed by atoms with van der Waals surface area (Å²) < 4.78 is 7.01. The summed E-state index contributed by atoms with van der Waals surface area (Å²) in [5, 5.41) is 13.8. The fraction of sp³-hybridized carbons (Fsp3) is 0.381. The van der Waals surface area contributed by atoms with Crippen molar-refractivity contribution in [3.63, 3.8) is 0 Å². The maximum Gasteiger partial charge on any atom is 0.277 e. The van der Waals surface area contributed by atoms with E-state index in [9.17, 15) is 9.90 Å². The fourth-order valence-electron chi connectivity index (χ4n) is 3.57. The molecule has 0 spiro atoms. The Hall–Kier alpha value is -2.48. The third-order valence-corrected chi connectivity index (χ3v) is 5.42. The van der Waals surface area contributed by atoms with Gasteiger partial charge in [-0.25, -0.2) is 9.97 Å². The van der Waals surface area contributed by atoms with E-state index in [4.69, 9.17) is 16.3 Å². The van der Waals surface area contributed by atoms with Gasteiger partial charge in [-0.15, -0.1) is 0 Å². The van der Waals surface area contributed by atoms with Crippen molar-refractivity contribution in [3.05, 3.63) is 51.9 Å². The topological polar surface area (TPSA) is 89.3 Å². The van der Waals surface area contributed by atoms with Crippen molar-refractivity contribution in [2.24, 2.45) is 0 Å². The summed E-state index contributed by atoms with van der Waals surface area (Å²) >= 11 is 6.39. The molecule has 7 nitrogen and oxygen atoms in total. The van der Waals surface area contributed by atoms with E-state index in [1.807, 2.05) is 24.3 Å². The number of pyridine rings is 1. The number of aromatic nitrogens is 3. The first kappa shape index (κ1) is 19.8. The highest BCUT2D eigenvalue weighted by Gasteiger charge is 2.17. The van der Waals surface area contributed by atoms with Gasteiger partial charge in [-0.05, 0) is 31.4 Å². The van der Waals surface area contributed by atoms with E-state index in [0.717, 1.165) is 18.4 Å². The third-order valence-electron chi connectivity index (χ3n) is 5.09. The molecule has 0 atom stereocenters. The fourth-order valence-corrected chi connectivity index (χ4v) is 3.80. The standard InChI is InChI=1S/C21H23ClN4O3/c22-17-5-2-1-4-16(17)18-12-14-13-23-21(24-15-6-10-29-11-7-15)25-19(14)20(28)26(18)8-3-9-27/h1-2,4-5,12-13,15,27H,3,6-11H2,(H,23,24,25). The predicted molar refractivity (Wildman–Crippen MR) is 113 cm³/mol. The highest BCUT2D eigenvalue weighted by Crippen LogP contribution is 2.29. The molecule has 152 valence electrons. The van der Waals surface area contributed by atoms with E-state index in [0.29, 0.717) is 53.7 Å². The van der Waals surface area contributed by atoms with Crippen LogP contribution in [0, 0.1) is 0 Å². The molecule has 0 saturated carbocycles. The molecule has 1 aromatic carbocycles. The second-order valence-corrected chi connectivity index (χ2v) is 7.48. The second kappa shape index (κ2) is 8.90. The highest BCUT2D eigenvalue weighted by molar-refractivity contribution is 6.33. The van der Waals surface area contributed by atoms with Crippen LogP contribution < -0.4 is 10.9 Å². The lowest BCUT2D eigenvalue weighted by atomic mass is 10.1. The molecule has 1 saturated heterocycles. The maximum absolute atomic E-state index is 13.3. The predicted octanol–water partition coefficient (Wildman–Crippen LogP) is 3.09. The number of aliphatic hydroxyl groups excluding tert-OH is 1. The number of nitrogens with zero attached hydrogens (tertiary/aromatic N) is 3. The van der Waals surface area contributed by atoms with Gasteiger partial charge in [0.1, 0.15) is 5.52 Å². The number of aliphatic hydroxyl groups is 1. The zero-order chi connectivity index (χ0) is 20.2. The van der Waals surface area contributed by atoms with Gasteiger partial charge >= 0.3 is 0 Å². The van der Waals surface area contributed by atoms with Gasteiger partial charge in [-0.2, -0.15) is 0 Å². The van der Waals surface area contributed by atoms with Gasteiger partial charge in [0, 0.05) is 54.6 Å². The second-order valence-electron chi connectivity index (χ2n) is 7.07. The van der Waals surface area contributed by atoms with Crippen LogP contribution in [-0.2, 0) is 11.3 Å². The lowest BCUT2D eigenvalue weighted by Gasteiger charge is -2.23. The van der Waals surface area contributed by atoms with Gasteiger partial charge in [-0.3, -0.25) is 4.79 Å². The molecule has 4 rings (SSSR count). The van der Waals surface area contributed by atoms with E-state index < -0.39 is 0 Å². The first-order chi connectivity index (χ1) is 14.2. The van der Waals surface area contributed by atoms with E-state index in [-0.39, 0.29) is 18.2 Å². The van der Waals surface area contributed by atoms with Crippen molar-refractivity contribution in [3.8, 4) is 11.3 Å². The lowest BCUT2D eigenvalue weighted by Crippen LogP contribution is -2.29. The zero-order valence-electron chi connectivity index (χ0n) is 16.0. The molecule has 0 amide bonds. The van der Waals surface area contributed by atoms with Gasteiger partial charge in [0.25, 0.3) is 5.56 Å². The average Bonchev–Trinajstić information content (AvgIpc) is 2.74. The lowest BCUT2D eigenvalue weighted by molar-refractivity contribution is 0.0903. The number of halogens is 1. The van der Waals surface area contributed by atoms with Crippen LogP contribution in [0.25, 0.3) is 22.2 Å². The molecule has 8 heteroatoms. The van der Waals surface area contributed by atoms with E-state index >= 15 is 0 Å². The van der Waals surface area contributed by atoms with Crippen molar-refractivity contribution in [2.45, 2.75) is 31.8 Å². The zero-order valence-corrected chi connectivity index (χ0v) is 16.7. The largest absolute Gasteiger partial charge is 0.396 e. The van der Waals surface area contributed by atoms with Crippen molar-refractivity contribution in [1.82, 2.24) is 14.5 Å². The minimum atomic E-state index is -0.219. The number of rotatable bonds is 6. The molecule has 3 heterocycles. The summed E-state index contributed by atoms with van der Waals surface area (Å²) in [6.45, 7) is 1.78. The molecule has 2 aromatic heterocycles. The number of nitrogens with one attached hydrogen (secondary N) is 1. The van der Waals surface area contributed by atoms with Crippen LogP contribution >= 0.6 is 11.6 Å². The molecular formula is C21H23ClN4O3. The molecule has 1 aliphatic rings. The van der Waals surface area contributed by atoms with E-state index in [2.05, 4.69) is 15.3 Å². The Kier molecular flexibility index (Phi) is 6.08. The number of fused-ring (bicyclic) bond motifs is 1. The Morgan fingerprint density at radius 3 is 2.83 bits per heavy atom. The maximum atomic E-state index is 13.3. The smallest absolute Gasteiger partial charge is 0.277 e. The summed E-state index contributed by atoms with van der Waals surface area (Å²) in [5.74, 6) is 0.445. The molecule has 29 heavy (non-hydrogen) atoms. The first-order valence-electron chi connectivity index (χ1n) is 9.78. The SMILES string of the molecule is O=c1c2nc(NC3CCOCC3)ncc2cc(-c2ccccc2Cl)n1CCCO. The van der Waals surface area contributed by atoms with Crippen molar-refractivity contribution >= 4 is 28.5 Å². The van der Waals surface area contributed by atoms with Gasteiger partial charge < -0.3 is 19.7 Å². The van der Waals surface area contributed by atoms with Crippen LogP contribution in [0.5, 0.6) is 0 Å². The van der Waals surface area contributed by atoms with Gasteiger partial charge in [0.2, 0.25) is 5.95 Å². The number of hydrogen-bond acceptors (Lipinski definition) is 6. The Balaban J connectivity index is 1.79. The Bertz CT molecular complexity index is 1060. The summed E-state index contributed by atoms with van der Waals surface area (Å²) in [5.41, 5.74) is 1.58. The molecule has 3 aromatic rings. The molecule has 0 bridgehead atoms. The van der Waals surface area contributed by atoms with Crippen molar-refractivity contribution in [1.29, 1.82) is 0 Å². The molecule has 0 aliphatic carbocycles. The number of anilines is 1. The van der Waals surface area contributed by atoms with Crippen LogP contribution in [0.15, 0.2) is 41.3 Å². The summed E-state index contributed by atoms with van der Waals surface area (Å²) in [6.07, 6.45) is 3.89. The highest BCUT2D eigenvalue weighted by atomic mass is 35.5. The third kappa shape index (κ3) is 4.27. The van der Waals surface area contributed by atoms with Crippen LogP contribution in [0.3, 0.4) is 0 Å². The monoisotopic (exact) mass is 414 g/mol. The molecule has 0 radical (unpaired) electrons. The van der Waals surface area contributed by atoms with Gasteiger partial charge in [0.05, 0.1) is 5.69 Å². The van der Waals surface area contributed by atoms with Crippen LogP contribution in [0.4, 0.5) is 5.95 Å². The summed E-state index contributed by atoms with van der Waals surface area (Å²) in [4.78, 5) is 22.2. The molecular weight excluding hydrogens is 392 g/mol. The molecule has 2 N–H and O–H groups in total. The minimum Gasteiger partial charge on any atom is -0.396 e. The Morgan fingerprint density at radius 2 is 2.07 bits per heavy atom. The number of benzene rings is 1. The van der Waals surface area contributed by atoms with Crippen molar-refractivity contribution < 1.29 is 9.84 Å². The molecule has 1 fully saturated rings. The Labute approximate surface area is 173 Å². The van der Waals surface area contributed by atoms with Crippen molar-refractivity contribution in [2.75, 3.05) is 25.1 Å². The summed E-state index contributed by atoms with van der Waals surface area (Å²) in [7, 11) is 0.